The fraction of sp³-hybridized carbons (Fsp3) is 0.826. The molecular weight excluding hydrogens is 336 g/mol. The zero-order valence-corrected chi connectivity index (χ0v) is 17.3. The second kappa shape index (κ2) is 7.02. The van der Waals surface area contributed by atoms with Gasteiger partial charge in [0.25, 0.3) is 0 Å². The topological polar surface area (TPSA) is 64.7 Å². The minimum Gasteiger partial charge on any atom is -0.395 e. The number of nitrogens with two attached hydrogens (primary N) is 1. The Morgan fingerprint density at radius 2 is 2.00 bits per heavy atom. The number of carbonyl (C=O) groups excluding carboxylic acids is 1. The highest BCUT2D eigenvalue weighted by atomic mass is 16.6. The van der Waals surface area contributed by atoms with Gasteiger partial charge in [-0.05, 0) is 81.0 Å². The molecule has 0 aliphatic heterocycles. The van der Waals surface area contributed by atoms with Crippen LogP contribution in [0.3, 0.4) is 0 Å². The molecule has 4 fully saturated rings. The fourth-order valence-electron chi connectivity index (χ4n) is 7.33. The molecule has 0 aromatic heterocycles. The molecule has 2 N–H and O–H groups in total. The van der Waals surface area contributed by atoms with E-state index >= 15 is 0 Å². The Bertz CT molecular complexity index is 669. The van der Waals surface area contributed by atoms with Crippen LogP contribution in [-0.2, 0) is 9.63 Å². The largest absolute Gasteiger partial charge is 0.395 e. The molecule has 150 valence electrons. The van der Waals surface area contributed by atoms with E-state index in [1.54, 1.807) is 5.57 Å². The van der Waals surface area contributed by atoms with Gasteiger partial charge in [0.1, 0.15) is 12.4 Å². The molecule has 1 unspecified atom stereocenters. The van der Waals surface area contributed by atoms with Crippen LogP contribution in [0, 0.1) is 34.5 Å². The van der Waals surface area contributed by atoms with Crippen molar-refractivity contribution in [2.24, 2.45) is 45.4 Å². The van der Waals surface area contributed by atoms with Crippen LogP contribution in [-0.4, -0.2) is 24.6 Å². The van der Waals surface area contributed by atoms with E-state index in [4.69, 9.17) is 10.6 Å². The van der Waals surface area contributed by atoms with Crippen LogP contribution in [0.25, 0.3) is 0 Å². The summed E-state index contributed by atoms with van der Waals surface area (Å²) in [6.45, 7) is 8.03. The molecule has 0 saturated heterocycles. The summed E-state index contributed by atoms with van der Waals surface area (Å²) < 4.78 is 0. The quantitative estimate of drug-likeness (QED) is 0.451. The number of hydrogen-bond donors (Lipinski definition) is 1. The van der Waals surface area contributed by atoms with Gasteiger partial charge in [-0.2, -0.15) is 0 Å². The first-order chi connectivity index (χ1) is 12.9. The van der Waals surface area contributed by atoms with E-state index in [0.717, 1.165) is 38.0 Å². The summed E-state index contributed by atoms with van der Waals surface area (Å²) in [5, 5.41) is 4.41. The summed E-state index contributed by atoms with van der Waals surface area (Å²) >= 11 is 0. The van der Waals surface area contributed by atoms with Crippen LogP contribution in [0.5, 0.6) is 0 Å². The number of hydrogen-bond acceptors (Lipinski definition) is 4. The molecule has 0 aromatic carbocycles. The van der Waals surface area contributed by atoms with Crippen molar-refractivity contribution in [1.82, 2.24) is 0 Å². The molecule has 4 saturated carbocycles. The molecule has 4 aliphatic carbocycles. The maximum Gasteiger partial charge on any atom is 0.139 e. The van der Waals surface area contributed by atoms with Gasteiger partial charge in [0.05, 0.1) is 5.71 Å². The highest BCUT2D eigenvalue weighted by molar-refractivity contribution is 5.87. The highest BCUT2D eigenvalue weighted by Crippen LogP contribution is 2.66. The highest BCUT2D eigenvalue weighted by Gasteiger charge is 2.60. The van der Waals surface area contributed by atoms with Gasteiger partial charge in [-0.1, -0.05) is 30.7 Å². The Labute approximate surface area is 164 Å². The zero-order valence-electron chi connectivity index (χ0n) is 17.3. The molecule has 6 atom stereocenters. The molecule has 4 rings (SSSR count). The van der Waals surface area contributed by atoms with Crippen LogP contribution in [0.2, 0.25) is 0 Å². The Morgan fingerprint density at radius 1 is 1.19 bits per heavy atom. The van der Waals surface area contributed by atoms with Crippen LogP contribution in [0.1, 0.15) is 72.1 Å². The summed E-state index contributed by atoms with van der Waals surface area (Å²) in [6, 6.07) is 0. The number of allylic oxidation sites excluding steroid dienone is 2. The SMILES string of the molecule is CC=C1C[C@@H]2[C@H](CC[C@]3(C)C(=O)CC[C@@H]23)[C@@]2(C)CCC(=NOCCN)CC12. The van der Waals surface area contributed by atoms with E-state index < -0.39 is 0 Å². The normalized spacial score (nSPS) is 46.9. The predicted molar refractivity (Wildman–Crippen MR) is 108 cm³/mol. The van der Waals surface area contributed by atoms with Crippen LogP contribution in [0.4, 0.5) is 0 Å². The van der Waals surface area contributed by atoms with Crippen molar-refractivity contribution in [2.75, 3.05) is 13.2 Å². The summed E-state index contributed by atoms with van der Waals surface area (Å²) in [5.74, 6) is 3.16. The maximum atomic E-state index is 12.6. The Morgan fingerprint density at radius 3 is 2.74 bits per heavy atom. The fourth-order valence-corrected chi connectivity index (χ4v) is 7.33. The second-order valence-electron chi connectivity index (χ2n) is 9.90. The first kappa shape index (κ1) is 19.2. The zero-order chi connectivity index (χ0) is 19.2. The molecule has 0 bridgehead atoms. The summed E-state index contributed by atoms with van der Waals surface area (Å²) in [4.78, 5) is 18.0. The lowest BCUT2D eigenvalue weighted by atomic mass is 9.44. The average Bonchev–Trinajstić information content (AvgIpc) is 2.96. The molecule has 0 radical (unpaired) electrons. The van der Waals surface area contributed by atoms with E-state index in [0.29, 0.717) is 42.1 Å². The van der Waals surface area contributed by atoms with Crippen molar-refractivity contribution in [2.45, 2.75) is 72.1 Å². The molecule has 0 aromatic rings. The summed E-state index contributed by atoms with van der Waals surface area (Å²) in [6.07, 6.45) is 11.1. The van der Waals surface area contributed by atoms with Gasteiger partial charge < -0.3 is 10.6 Å². The van der Waals surface area contributed by atoms with Crippen LogP contribution >= 0.6 is 0 Å². The van der Waals surface area contributed by atoms with E-state index in [9.17, 15) is 4.79 Å². The lowest BCUT2D eigenvalue weighted by Crippen LogP contribution is -2.54. The van der Waals surface area contributed by atoms with Crippen molar-refractivity contribution in [1.29, 1.82) is 0 Å². The first-order valence-electron chi connectivity index (χ1n) is 11.0. The van der Waals surface area contributed by atoms with Crippen molar-refractivity contribution < 1.29 is 9.63 Å². The lowest BCUT2D eigenvalue weighted by molar-refractivity contribution is -0.134. The molecular formula is C23H36N2O2. The van der Waals surface area contributed by atoms with Crippen LogP contribution < -0.4 is 5.73 Å². The Kier molecular flexibility index (Phi) is 4.99. The Balaban J connectivity index is 1.61. The van der Waals surface area contributed by atoms with Crippen molar-refractivity contribution >= 4 is 11.5 Å². The maximum absolute atomic E-state index is 12.6. The molecule has 0 heterocycles. The smallest absolute Gasteiger partial charge is 0.139 e. The third-order valence-corrected chi connectivity index (χ3v) is 8.87. The number of ketones is 1. The third-order valence-electron chi connectivity index (χ3n) is 8.87. The first-order valence-corrected chi connectivity index (χ1v) is 11.0. The molecule has 4 aliphatic rings. The summed E-state index contributed by atoms with van der Waals surface area (Å²) in [5.41, 5.74) is 8.63. The Hall–Kier alpha value is -1.16. The minimum absolute atomic E-state index is 0.0411. The van der Waals surface area contributed by atoms with Crippen molar-refractivity contribution in [3.63, 3.8) is 0 Å². The predicted octanol–water partition coefficient (Wildman–Crippen LogP) is 4.49. The van der Waals surface area contributed by atoms with Gasteiger partial charge in [-0.15, -0.1) is 0 Å². The van der Waals surface area contributed by atoms with Gasteiger partial charge in [-0.25, -0.2) is 0 Å². The van der Waals surface area contributed by atoms with Gasteiger partial charge >= 0.3 is 0 Å². The number of fused-ring (bicyclic) bond motifs is 5. The van der Waals surface area contributed by atoms with Crippen LogP contribution in [0.15, 0.2) is 16.8 Å². The van der Waals surface area contributed by atoms with Crippen molar-refractivity contribution in [3.05, 3.63) is 11.6 Å². The molecule has 4 heteroatoms. The standard InChI is InChI=1S/C23H36N2O2/c1-4-15-13-17-18-5-6-21(26)23(18,3)10-8-19(17)22(2)9-7-16(14-20(15)22)25-27-12-11-24/h4,17-20H,5-14,24H2,1-3H3/t17-,18-,19-,20?,22+,23-/m0/s1. The van der Waals surface area contributed by atoms with Crippen molar-refractivity contribution in [3.8, 4) is 0 Å². The van der Waals surface area contributed by atoms with Gasteiger partial charge in [-0.3, -0.25) is 4.79 Å². The van der Waals surface area contributed by atoms with Gasteiger partial charge in [0.15, 0.2) is 0 Å². The van der Waals surface area contributed by atoms with E-state index in [1.807, 2.05) is 0 Å². The molecule has 27 heavy (non-hydrogen) atoms. The monoisotopic (exact) mass is 372 g/mol. The average molecular weight is 373 g/mol. The number of nitrogens with zero attached hydrogens (tertiary/aromatic N) is 1. The number of oxime groups is 1. The number of carbonyl (C=O) groups is 1. The number of Topliss-reactive ketones (excluding diaryl/α,β-unsaturated/α-hetero) is 1. The molecule has 0 amide bonds. The molecule has 0 spiro atoms. The van der Waals surface area contributed by atoms with E-state index in [1.165, 1.54) is 25.0 Å². The second-order valence-corrected chi connectivity index (χ2v) is 9.90. The minimum atomic E-state index is -0.0411. The van der Waals surface area contributed by atoms with E-state index in [2.05, 4.69) is 32.0 Å². The van der Waals surface area contributed by atoms with Gasteiger partial charge in [0.2, 0.25) is 0 Å². The molecule has 4 nitrogen and oxygen atoms in total. The number of rotatable bonds is 3. The lowest BCUT2D eigenvalue weighted by Gasteiger charge is -2.60. The summed E-state index contributed by atoms with van der Waals surface area (Å²) in [7, 11) is 0. The van der Waals surface area contributed by atoms with Gasteiger partial charge in [0, 0.05) is 18.4 Å². The van der Waals surface area contributed by atoms with E-state index in [-0.39, 0.29) is 5.41 Å². The third kappa shape index (κ3) is 2.90.